The second-order valence-electron chi connectivity index (χ2n) is 4.71. The number of carbonyl (C=O) groups excluding carboxylic acids is 2. The Labute approximate surface area is 139 Å². The number of aromatic nitrogens is 1. The first-order chi connectivity index (χ1) is 10.6. The molecule has 0 spiro atoms. The molecule has 1 unspecified atom stereocenters. The fourth-order valence-electron chi connectivity index (χ4n) is 2.12. The lowest BCUT2D eigenvalue weighted by atomic mass is 10.2. The Bertz CT molecular complexity index is 706. The van der Waals surface area contributed by atoms with Crippen molar-refractivity contribution >= 4 is 44.4 Å². The van der Waals surface area contributed by atoms with Crippen molar-refractivity contribution in [3.8, 4) is 0 Å². The summed E-state index contributed by atoms with van der Waals surface area (Å²) in [5.74, 6) is -0.464. The molecule has 0 bridgehead atoms. The van der Waals surface area contributed by atoms with Crippen molar-refractivity contribution < 1.29 is 14.3 Å². The van der Waals surface area contributed by atoms with Gasteiger partial charge in [0.25, 0.3) is 0 Å². The van der Waals surface area contributed by atoms with E-state index in [1.54, 1.807) is 37.5 Å². The molecule has 1 atom stereocenters. The Balaban J connectivity index is 1.82. The molecule has 1 aliphatic rings. The van der Waals surface area contributed by atoms with Gasteiger partial charge in [-0.2, -0.15) is 0 Å². The van der Waals surface area contributed by atoms with Gasteiger partial charge < -0.3 is 9.64 Å². The molecule has 1 aromatic carbocycles. The fraction of sp³-hybridized carbons (Fsp3) is 0.214. The average molecular weight is 382 g/mol. The van der Waals surface area contributed by atoms with E-state index in [9.17, 15) is 9.59 Å². The van der Waals surface area contributed by atoms with E-state index in [0.717, 1.165) is 3.79 Å². The second kappa shape index (κ2) is 6.05. The maximum Gasteiger partial charge on any atom is 0.340 e. The summed E-state index contributed by atoms with van der Waals surface area (Å²) in [6.45, 7) is 0.300. The van der Waals surface area contributed by atoms with Crippen LogP contribution in [0, 0.1) is 0 Å². The number of halogens is 1. The Morgan fingerprint density at radius 2 is 2.14 bits per heavy atom. The number of nitrogens with zero attached hydrogens (tertiary/aromatic N) is 3. The lowest BCUT2D eigenvalue weighted by Crippen LogP contribution is -2.37. The molecule has 0 aliphatic carbocycles. The Morgan fingerprint density at radius 3 is 2.77 bits per heavy atom. The molecule has 2 heterocycles. The molecule has 0 saturated carbocycles. The number of rotatable bonds is 3. The molecular weight excluding hydrogens is 370 g/mol. The zero-order valence-corrected chi connectivity index (χ0v) is 14.0. The molecular formula is C14H12BrN3O3S. The van der Waals surface area contributed by atoms with Crippen molar-refractivity contribution in [2.45, 2.75) is 6.23 Å². The molecule has 3 rings (SSSR count). The highest BCUT2D eigenvalue weighted by Gasteiger charge is 2.40. The van der Waals surface area contributed by atoms with Crippen LogP contribution in [0.1, 0.15) is 10.4 Å². The molecule has 1 aromatic heterocycles. The van der Waals surface area contributed by atoms with Crippen LogP contribution in [0.4, 0.5) is 9.93 Å². The number of carbonyl (C=O) groups is 2. The highest BCUT2D eigenvalue weighted by molar-refractivity contribution is 9.11. The number of likely N-dealkylation sites (N-methyl/N-ethyl adjacent to an activating group) is 1. The number of ether oxygens (including phenoxy) is 1. The molecule has 6 nitrogen and oxygen atoms in total. The zero-order chi connectivity index (χ0) is 15.7. The number of urea groups is 1. The van der Waals surface area contributed by atoms with E-state index in [0.29, 0.717) is 17.2 Å². The fourth-order valence-corrected chi connectivity index (χ4v) is 3.34. The van der Waals surface area contributed by atoms with Gasteiger partial charge in [0.05, 0.1) is 22.1 Å². The summed E-state index contributed by atoms with van der Waals surface area (Å²) in [5.41, 5.74) is 0.449. The minimum absolute atomic E-state index is 0.243. The van der Waals surface area contributed by atoms with Crippen LogP contribution in [0.25, 0.3) is 0 Å². The third kappa shape index (κ3) is 2.84. The summed E-state index contributed by atoms with van der Waals surface area (Å²) in [6.07, 6.45) is 0.921. The molecule has 0 N–H and O–H groups in total. The number of amides is 2. The summed E-state index contributed by atoms with van der Waals surface area (Å²) < 4.78 is 6.29. The van der Waals surface area contributed by atoms with Gasteiger partial charge in [-0.05, 0) is 28.1 Å². The van der Waals surface area contributed by atoms with Crippen molar-refractivity contribution in [1.82, 2.24) is 9.88 Å². The minimum atomic E-state index is -0.691. The van der Waals surface area contributed by atoms with Gasteiger partial charge in [0.2, 0.25) is 6.23 Å². The van der Waals surface area contributed by atoms with Crippen LogP contribution < -0.4 is 4.90 Å². The summed E-state index contributed by atoms with van der Waals surface area (Å²) >= 11 is 4.63. The first-order valence-electron chi connectivity index (χ1n) is 6.48. The van der Waals surface area contributed by atoms with Crippen molar-refractivity contribution in [2.24, 2.45) is 0 Å². The normalized spacial score (nSPS) is 17.9. The number of esters is 1. The smallest absolute Gasteiger partial charge is 0.340 e. The van der Waals surface area contributed by atoms with Crippen LogP contribution in [-0.4, -0.2) is 41.7 Å². The van der Waals surface area contributed by atoms with Gasteiger partial charge in [-0.1, -0.05) is 29.5 Å². The van der Waals surface area contributed by atoms with Gasteiger partial charge in [0, 0.05) is 7.05 Å². The van der Waals surface area contributed by atoms with Crippen molar-refractivity contribution in [2.75, 3.05) is 18.5 Å². The third-order valence-electron chi connectivity index (χ3n) is 3.17. The molecule has 1 saturated heterocycles. The van der Waals surface area contributed by atoms with Gasteiger partial charge in [-0.15, -0.1) is 0 Å². The quantitative estimate of drug-likeness (QED) is 0.766. The average Bonchev–Trinajstić information content (AvgIpc) is 3.04. The van der Waals surface area contributed by atoms with Gasteiger partial charge in [0.1, 0.15) is 0 Å². The molecule has 2 amide bonds. The highest BCUT2D eigenvalue weighted by Crippen LogP contribution is 2.31. The van der Waals surface area contributed by atoms with E-state index in [1.165, 1.54) is 21.1 Å². The van der Waals surface area contributed by atoms with Gasteiger partial charge in [-0.3, -0.25) is 0 Å². The number of hydrogen-bond donors (Lipinski definition) is 0. The van der Waals surface area contributed by atoms with Crippen LogP contribution >= 0.6 is 27.3 Å². The first kappa shape index (κ1) is 15.0. The minimum Gasteiger partial charge on any atom is -0.435 e. The molecule has 114 valence electrons. The van der Waals surface area contributed by atoms with Crippen LogP contribution in [0.3, 0.4) is 0 Å². The molecule has 22 heavy (non-hydrogen) atoms. The monoisotopic (exact) mass is 381 g/mol. The summed E-state index contributed by atoms with van der Waals surface area (Å²) in [5, 5.41) is 0.493. The SMILES string of the molecule is CN1CC(OC(=O)c2ccccc2)N(c2ncc(Br)s2)C1=O. The Morgan fingerprint density at radius 1 is 1.41 bits per heavy atom. The van der Waals surface area contributed by atoms with Crippen LogP contribution in [0.5, 0.6) is 0 Å². The molecule has 2 aromatic rings. The largest absolute Gasteiger partial charge is 0.435 e. The van der Waals surface area contributed by atoms with Gasteiger partial charge in [0.15, 0.2) is 5.13 Å². The topological polar surface area (TPSA) is 62.7 Å². The Hall–Kier alpha value is -1.93. The van der Waals surface area contributed by atoms with Crippen molar-refractivity contribution in [3.05, 3.63) is 45.9 Å². The Kier molecular flexibility index (Phi) is 4.12. The summed E-state index contributed by atoms with van der Waals surface area (Å²) in [4.78, 5) is 31.5. The maximum absolute atomic E-state index is 12.3. The van der Waals surface area contributed by atoms with E-state index >= 15 is 0 Å². The van der Waals surface area contributed by atoms with Crippen molar-refractivity contribution in [3.63, 3.8) is 0 Å². The lowest BCUT2D eigenvalue weighted by Gasteiger charge is -2.20. The number of anilines is 1. The van der Waals surface area contributed by atoms with Gasteiger partial charge >= 0.3 is 12.0 Å². The van der Waals surface area contributed by atoms with Crippen molar-refractivity contribution in [1.29, 1.82) is 0 Å². The molecule has 1 fully saturated rings. The second-order valence-corrected chi connectivity index (χ2v) is 7.09. The number of thiazole rings is 1. The molecule has 8 heteroatoms. The van der Waals surface area contributed by atoms with E-state index < -0.39 is 12.2 Å². The highest BCUT2D eigenvalue weighted by atomic mass is 79.9. The predicted molar refractivity (Wildman–Crippen MR) is 86.0 cm³/mol. The van der Waals surface area contributed by atoms with Crippen LogP contribution in [0.2, 0.25) is 0 Å². The number of benzene rings is 1. The molecule has 1 aliphatic heterocycles. The standard InChI is InChI=1S/C14H12BrN3O3S/c1-17-8-11(21-12(19)9-5-3-2-4-6-9)18(14(17)20)13-16-7-10(15)22-13/h2-7,11H,8H2,1H3. The van der Waals surface area contributed by atoms with Gasteiger partial charge in [-0.25, -0.2) is 19.5 Å². The summed E-state index contributed by atoms with van der Waals surface area (Å²) in [6, 6.07) is 8.45. The zero-order valence-electron chi connectivity index (χ0n) is 11.6. The predicted octanol–water partition coefficient (Wildman–Crippen LogP) is 2.96. The first-order valence-corrected chi connectivity index (χ1v) is 8.09. The number of hydrogen-bond acceptors (Lipinski definition) is 5. The third-order valence-corrected chi connectivity index (χ3v) is 4.65. The van der Waals surface area contributed by atoms with E-state index in [1.807, 2.05) is 6.07 Å². The maximum atomic E-state index is 12.3. The molecule has 0 radical (unpaired) electrons. The van der Waals surface area contributed by atoms with E-state index in [2.05, 4.69) is 20.9 Å². The lowest BCUT2D eigenvalue weighted by molar-refractivity contribution is 0.0331. The van der Waals surface area contributed by atoms with E-state index in [4.69, 9.17) is 4.74 Å². The van der Waals surface area contributed by atoms with E-state index in [-0.39, 0.29) is 6.03 Å². The summed E-state index contributed by atoms with van der Waals surface area (Å²) in [7, 11) is 1.66. The van der Waals surface area contributed by atoms with Crippen LogP contribution in [0.15, 0.2) is 40.3 Å². The van der Waals surface area contributed by atoms with Crippen LogP contribution in [-0.2, 0) is 4.74 Å².